The van der Waals surface area contributed by atoms with Gasteiger partial charge in [-0.2, -0.15) is 4.98 Å². The Morgan fingerprint density at radius 3 is 2.45 bits per heavy atom. The predicted molar refractivity (Wildman–Crippen MR) is 117 cm³/mol. The van der Waals surface area contributed by atoms with Gasteiger partial charge in [-0.3, -0.25) is 0 Å². The number of nitrogens with zero attached hydrogens (tertiary/aromatic N) is 6. The smallest absolute Gasteiger partial charge is 0.280 e. The quantitative estimate of drug-likeness (QED) is 0.349. The van der Waals surface area contributed by atoms with Crippen molar-refractivity contribution in [1.82, 2.24) is 30.1 Å². The highest BCUT2D eigenvalue weighted by molar-refractivity contribution is 9.10. The molecule has 0 atom stereocenters. The van der Waals surface area contributed by atoms with E-state index in [1.54, 1.807) is 4.68 Å². The Labute approximate surface area is 186 Å². The molecule has 3 aromatic heterocycles. The molecule has 31 heavy (non-hydrogen) atoms. The molecule has 0 bridgehead atoms. The number of benzene rings is 2. The molecule has 0 saturated carbocycles. The van der Waals surface area contributed by atoms with Crippen LogP contribution in [0.15, 0.2) is 68.0 Å². The number of hydrogen-bond donors (Lipinski definition) is 0. The zero-order valence-electron chi connectivity index (χ0n) is 16.8. The van der Waals surface area contributed by atoms with E-state index in [-0.39, 0.29) is 0 Å². The normalized spacial score (nSPS) is 11.2. The van der Waals surface area contributed by atoms with Gasteiger partial charge < -0.3 is 8.94 Å². The van der Waals surface area contributed by atoms with E-state index in [0.717, 1.165) is 32.7 Å². The highest BCUT2D eigenvalue weighted by atomic mass is 79.9. The SMILES string of the molecule is Cc1oc(-c2ccccc2)nc1Cn1nnc(-c2nc(-c3ccc(Br)cc3)no2)c1C. The van der Waals surface area contributed by atoms with Gasteiger partial charge in [-0.15, -0.1) is 5.10 Å². The Hall–Kier alpha value is -3.59. The summed E-state index contributed by atoms with van der Waals surface area (Å²) >= 11 is 3.42. The fourth-order valence-electron chi connectivity index (χ4n) is 3.16. The fourth-order valence-corrected chi connectivity index (χ4v) is 3.43. The first-order valence-corrected chi connectivity index (χ1v) is 10.4. The van der Waals surface area contributed by atoms with Crippen molar-refractivity contribution >= 4 is 15.9 Å². The van der Waals surface area contributed by atoms with Crippen LogP contribution >= 0.6 is 15.9 Å². The molecule has 0 unspecified atom stereocenters. The van der Waals surface area contributed by atoms with E-state index in [1.165, 1.54) is 0 Å². The third-order valence-corrected chi connectivity index (χ3v) is 5.46. The van der Waals surface area contributed by atoms with Gasteiger partial charge in [0.25, 0.3) is 5.89 Å². The molecule has 0 aliphatic heterocycles. The standard InChI is InChI=1S/C22H17BrN6O2/c1-13-19(22-25-20(27-31-22)15-8-10-17(23)11-9-15)26-28-29(13)12-18-14(2)30-21(24-18)16-6-4-3-5-7-16/h3-11H,12H2,1-2H3. The number of rotatable bonds is 5. The van der Waals surface area contributed by atoms with E-state index < -0.39 is 0 Å². The van der Waals surface area contributed by atoms with Gasteiger partial charge in [0.05, 0.1) is 12.2 Å². The molecule has 8 nitrogen and oxygen atoms in total. The number of oxazole rings is 1. The minimum atomic E-state index is 0.323. The molecule has 0 aliphatic rings. The third-order valence-electron chi connectivity index (χ3n) is 4.93. The van der Waals surface area contributed by atoms with Gasteiger partial charge in [0.2, 0.25) is 11.7 Å². The zero-order chi connectivity index (χ0) is 21.4. The molecule has 154 valence electrons. The van der Waals surface area contributed by atoms with Gasteiger partial charge in [0, 0.05) is 15.6 Å². The van der Waals surface area contributed by atoms with E-state index in [9.17, 15) is 0 Å². The van der Waals surface area contributed by atoms with Crippen molar-refractivity contribution < 1.29 is 8.94 Å². The van der Waals surface area contributed by atoms with Crippen LogP contribution in [-0.4, -0.2) is 30.1 Å². The van der Waals surface area contributed by atoms with E-state index >= 15 is 0 Å². The Morgan fingerprint density at radius 2 is 1.68 bits per heavy atom. The molecule has 0 saturated heterocycles. The van der Waals surface area contributed by atoms with Crippen LogP contribution in [-0.2, 0) is 6.54 Å². The molecule has 0 aliphatic carbocycles. The molecule has 9 heteroatoms. The minimum Gasteiger partial charge on any atom is -0.441 e. The Kier molecular flexibility index (Phi) is 4.95. The van der Waals surface area contributed by atoms with E-state index in [1.807, 2.05) is 68.4 Å². The molecular weight excluding hydrogens is 460 g/mol. The van der Waals surface area contributed by atoms with Crippen molar-refractivity contribution in [3.63, 3.8) is 0 Å². The first kappa shape index (κ1) is 19.4. The summed E-state index contributed by atoms with van der Waals surface area (Å²) in [6, 6.07) is 17.5. The molecule has 5 rings (SSSR count). The lowest BCUT2D eigenvalue weighted by molar-refractivity contribution is 0.430. The lowest BCUT2D eigenvalue weighted by Gasteiger charge is -2.00. The molecule has 0 fully saturated rings. The van der Waals surface area contributed by atoms with Crippen molar-refractivity contribution in [2.45, 2.75) is 20.4 Å². The van der Waals surface area contributed by atoms with E-state index in [0.29, 0.717) is 29.8 Å². The van der Waals surface area contributed by atoms with Gasteiger partial charge in [0.15, 0.2) is 5.69 Å². The van der Waals surface area contributed by atoms with Gasteiger partial charge in [-0.05, 0) is 50.2 Å². The maximum atomic E-state index is 5.85. The molecular formula is C22H17BrN6O2. The lowest BCUT2D eigenvalue weighted by atomic mass is 10.2. The van der Waals surface area contributed by atoms with Crippen LogP contribution in [0, 0.1) is 13.8 Å². The highest BCUT2D eigenvalue weighted by Crippen LogP contribution is 2.26. The second-order valence-electron chi connectivity index (χ2n) is 7.00. The summed E-state index contributed by atoms with van der Waals surface area (Å²) in [6.45, 7) is 4.23. The van der Waals surface area contributed by atoms with Crippen molar-refractivity contribution in [3.8, 4) is 34.4 Å². The van der Waals surface area contributed by atoms with Gasteiger partial charge in [-0.25, -0.2) is 9.67 Å². The van der Waals surface area contributed by atoms with Crippen LogP contribution in [0.2, 0.25) is 0 Å². The molecule has 0 radical (unpaired) electrons. The Bertz CT molecular complexity index is 1340. The average Bonchev–Trinajstić information content (AvgIpc) is 3.50. The van der Waals surface area contributed by atoms with Gasteiger partial charge in [-0.1, -0.05) is 44.5 Å². The second-order valence-corrected chi connectivity index (χ2v) is 7.91. The molecule has 5 aromatic rings. The Balaban J connectivity index is 1.40. The van der Waals surface area contributed by atoms with Crippen molar-refractivity contribution in [1.29, 1.82) is 0 Å². The summed E-state index contributed by atoms with van der Waals surface area (Å²) in [6.07, 6.45) is 0. The maximum absolute atomic E-state index is 5.85. The summed E-state index contributed by atoms with van der Waals surface area (Å²) in [5.41, 5.74) is 3.92. The fraction of sp³-hybridized carbons (Fsp3) is 0.136. The molecule has 2 aromatic carbocycles. The van der Waals surface area contributed by atoms with E-state index in [2.05, 4.69) is 41.4 Å². The van der Waals surface area contributed by atoms with Gasteiger partial charge >= 0.3 is 0 Å². The summed E-state index contributed by atoms with van der Waals surface area (Å²) in [5, 5.41) is 12.6. The molecule has 0 amide bonds. The summed E-state index contributed by atoms with van der Waals surface area (Å²) in [4.78, 5) is 9.12. The molecule has 0 spiro atoms. The lowest BCUT2D eigenvalue weighted by Crippen LogP contribution is -2.05. The van der Waals surface area contributed by atoms with Crippen LogP contribution in [0.4, 0.5) is 0 Å². The largest absolute Gasteiger partial charge is 0.441 e. The summed E-state index contributed by atoms with van der Waals surface area (Å²) in [7, 11) is 0. The number of aromatic nitrogens is 6. The first-order valence-electron chi connectivity index (χ1n) is 9.60. The average molecular weight is 477 g/mol. The highest BCUT2D eigenvalue weighted by Gasteiger charge is 2.20. The predicted octanol–water partition coefficient (Wildman–Crippen LogP) is 5.08. The van der Waals surface area contributed by atoms with Crippen LogP contribution in [0.5, 0.6) is 0 Å². The van der Waals surface area contributed by atoms with Crippen LogP contribution in [0.1, 0.15) is 17.1 Å². The maximum Gasteiger partial charge on any atom is 0.280 e. The van der Waals surface area contributed by atoms with Gasteiger partial charge in [0.1, 0.15) is 11.5 Å². The number of hydrogen-bond acceptors (Lipinski definition) is 7. The van der Waals surface area contributed by atoms with Crippen LogP contribution in [0.3, 0.4) is 0 Å². The summed E-state index contributed by atoms with van der Waals surface area (Å²) in [5.74, 6) is 2.15. The third kappa shape index (κ3) is 3.79. The first-order chi connectivity index (χ1) is 15.1. The molecule has 0 N–H and O–H groups in total. The monoisotopic (exact) mass is 476 g/mol. The molecule has 3 heterocycles. The van der Waals surface area contributed by atoms with Crippen LogP contribution < -0.4 is 0 Å². The second kappa shape index (κ2) is 7.92. The zero-order valence-corrected chi connectivity index (χ0v) is 18.4. The topological polar surface area (TPSA) is 95.7 Å². The number of halogens is 1. The van der Waals surface area contributed by atoms with Crippen LogP contribution in [0.25, 0.3) is 34.4 Å². The van der Waals surface area contributed by atoms with E-state index in [4.69, 9.17) is 8.94 Å². The number of aryl methyl sites for hydroxylation is 1. The van der Waals surface area contributed by atoms with Crippen molar-refractivity contribution in [2.75, 3.05) is 0 Å². The summed E-state index contributed by atoms with van der Waals surface area (Å²) < 4.78 is 14.0. The Morgan fingerprint density at radius 1 is 0.903 bits per heavy atom. The minimum absolute atomic E-state index is 0.323. The van der Waals surface area contributed by atoms with Crippen molar-refractivity contribution in [2.24, 2.45) is 0 Å². The van der Waals surface area contributed by atoms with Crippen molar-refractivity contribution in [3.05, 3.63) is 76.2 Å².